The van der Waals surface area contributed by atoms with Crippen LogP contribution in [0.25, 0.3) is 0 Å². The second-order valence-corrected chi connectivity index (χ2v) is 4.29. The molecular formula is C15H17ClO3. The summed E-state index contributed by atoms with van der Waals surface area (Å²) >= 11 is 5.44. The highest BCUT2D eigenvalue weighted by molar-refractivity contribution is 6.19. The van der Waals surface area contributed by atoms with Gasteiger partial charge < -0.3 is 9.84 Å². The van der Waals surface area contributed by atoms with Crippen LogP contribution in [0, 0.1) is 11.8 Å². The lowest BCUT2D eigenvalue weighted by atomic mass is 10.0. The van der Waals surface area contributed by atoms with Gasteiger partial charge in [-0.3, -0.25) is 4.79 Å². The van der Waals surface area contributed by atoms with E-state index in [-0.39, 0.29) is 24.0 Å². The van der Waals surface area contributed by atoms with Crippen LogP contribution in [0.2, 0.25) is 0 Å². The van der Waals surface area contributed by atoms with Gasteiger partial charge in [0.2, 0.25) is 0 Å². The maximum Gasteiger partial charge on any atom is 0.163 e. The van der Waals surface area contributed by atoms with Crippen molar-refractivity contribution < 1.29 is 14.6 Å². The molecule has 0 spiro atoms. The number of ether oxygens (including phenoxy) is 1. The van der Waals surface area contributed by atoms with Crippen LogP contribution in [-0.2, 0) is 6.42 Å². The Morgan fingerprint density at radius 1 is 1.42 bits per heavy atom. The molecule has 0 saturated carbocycles. The predicted molar refractivity (Wildman–Crippen MR) is 76.1 cm³/mol. The summed E-state index contributed by atoms with van der Waals surface area (Å²) in [6.45, 7) is 3.64. The Labute approximate surface area is 118 Å². The number of halogens is 1. The SMILES string of the molecule is CCCc1c(OCC#CCCl)ccc(C(C)=O)c1O. The summed E-state index contributed by atoms with van der Waals surface area (Å²) in [5, 5.41) is 10.1. The number of carbonyl (C=O) groups is 1. The molecule has 3 nitrogen and oxygen atoms in total. The Balaban J connectivity index is 3.03. The van der Waals surface area contributed by atoms with Gasteiger partial charge in [0.05, 0.1) is 11.4 Å². The minimum absolute atomic E-state index is 0.0113. The molecule has 0 bridgehead atoms. The fraction of sp³-hybridized carbons (Fsp3) is 0.400. The molecule has 1 N–H and O–H groups in total. The van der Waals surface area contributed by atoms with E-state index in [1.54, 1.807) is 12.1 Å². The third-order valence-corrected chi connectivity index (χ3v) is 2.74. The lowest BCUT2D eigenvalue weighted by Crippen LogP contribution is -2.02. The smallest absolute Gasteiger partial charge is 0.163 e. The van der Waals surface area contributed by atoms with Gasteiger partial charge >= 0.3 is 0 Å². The maximum absolute atomic E-state index is 11.4. The summed E-state index contributed by atoms with van der Waals surface area (Å²) in [4.78, 5) is 11.4. The number of hydrogen-bond acceptors (Lipinski definition) is 3. The van der Waals surface area contributed by atoms with Crippen molar-refractivity contribution in [2.45, 2.75) is 26.7 Å². The van der Waals surface area contributed by atoms with Crippen LogP contribution in [-0.4, -0.2) is 23.4 Å². The molecule has 0 radical (unpaired) electrons. The fourth-order valence-electron chi connectivity index (χ4n) is 1.74. The lowest BCUT2D eigenvalue weighted by Gasteiger charge is -2.13. The Bertz CT molecular complexity index is 512. The topological polar surface area (TPSA) is 46.5 Å². The zero-order chi connectivity index (χ0) is 14.3. The van der Waals surface area contributed by atoms with E-state index >= 15 is 0 Å². The molecule has 0 amide bonds. The zero-order valence-corrected chi connectivity index (χ0v) is 11.9. The summed E-state index contributed by atoms with van der Waals surface area (Å²) < 4.78 is 5.50. The second kappa shape index (κ2) is 7.70. The normalized spacial score (nSPS) is 9.63. The quantitative estimate of drug-likeness (QED) is 0.512. The first-order chi connectivity index (χ1) is 9.11. The van der Waals surface area contributed by atoms with Gasteiger partial charge in [0.1, 0.15) is 18.1 Å². The van der Waals surface area contributed by atoms with Gasteiger partial charge in [-0.1, -0.05) is 25.2 Å². The van der Waals surface area contributed by atoms with Crippen molar-refractivity contribution in [1.82, 2.24) is 0 Å². The highest BCUT2D eigenvalue weighted by atomic mass is 35.5. The summed E-state index contributed by atoms with van der Waals surface area (Å²) in [6.07, 6.45) is 1.49. The van der Waals surface area contributed by atoms with Crippen molar-refractivity contribution in [3.63, 3.8) is 0 Å². The number of rotatable bonds is 5. The van der Waals surface area contributed by atoms with E-state index in [1.807, 2.05) is 6.92 Å². The Kier molecular flexibility index (Phi) is 6.24. The van der Waals surface area contributed by atoms with Crippen LogP contribution < -0.4 is 4.74 Å². The molecule has 0 aliphatic rings. The predicted octanol–water partition coefficient (Wildman–Crippen LogP) is 3.17. The molecule has 1 rings (SSSR count). The number of phenolic OH excluding ortho intramolecular Hbond substituents is 1. The van der Waals surface area contributed by atoms with Crippen LogP contribution in [0.5, 0.6) is 11.5 Å². The van der Waals surface area contributed by atoms with Gasteiger partial charge in [-0.25, -0.2) is 0 Å². The van der Waals surface area contributed by atoms with Gasteiger partial charge in [-0.05, 0) is 25.5 Å². The van der Waals surface area contributed by atoms with E-state index in [0.29, 0.717) is 23.3 Å². The molecule has 4 heteroatoms. The molecule has 0 saturated heterocycles. The number of alkyl halides is 1. The van der Waals surface area contributed by atoms with Gasteiger partial charge in [-0.2, -0.15) is 0 Å². The van der Waals surface area contributed by atoms with Crippen LogP contribution in [0.1, 0.15) is 36.2 Å². The van der Waals surface area contributed by atoms with Crippen molar-refractivity contribution in [3.05, 3.63) is 23.3 Å². The fourth-order valence-corrected chi connectivity index (χ4v) is 1.84. The second-order valence-electron chi connectivity index (χ2n) is 4.02. The van der Waals surface area contributed by atoms with Crippen LogP contribution in [0.3, 0.4) is 0 Å². The molecule has 1 aromatic rings. The Morgan fingerprint density at radius 3 is 2.74 bits per heavy atom. The molecule has 0 aromatic heterocycles. The minimum atomic E-state index is -0.164. The molecule has 19 heavy (non-hydrogen) atoms. The molecule has 0 atom stereocenters. The number of carbonyl (C=O) groups excluding carboxylic acids is 1. The average Bonchev–Trinajstić information content (AvgIpc) is 2.38. The molecular weight excluding hydrogens is 264 g/mol. The highest BCUT2D eigenvalue weighted by Gasteiger charge is 2.15. The van der Waals surface area contributed by atoms with Crippen molar-refractivity contribution in [3.8, 4) is 23.3 Å². The summed E-state index contributed by atoms with van der Waals surface area (Å²) in [5.74, 6) is 6.12. The number of aromatic hydroxyl groups is 1. The lowest BCUT2D eigenvalue weighted by molar-refractivity contribution is 0.101. The standard InChI is InChI=1S/C15H17ClO3/c1-3-6-13-14(19-10-5-4-9-16)8-7-12(11(2)17)15(13)18/h7-8,18H,3,6,9-10H2,1-2H3. The molecule has 0 heterocycles. The van der Waals surface area contributed by atoms with E-state index in [9.17, 15) is 9.90 Å². The number of phenols is 1. The molecule has 0 unspecified atom stereocenters. The Hall–Kier alpha value is -1.66. The number of hydrogen-bond donors (Lipinski definition) is 1. The van der Waals surface area contributed by atoms with E-state index in [0.717, 1.165) is 6.42 Å². The van der Waals surface area contributed by atoms with E-state index in [2.05, 4.69) is 11.8 Å². The van der Waals surface area contributed by atoms with Crippen LogP contribution in [0.15, 0.2) is 12.1 Å². The molecule has 0 fully saturated rings. The highest BCUT2D eigenvalue weighted by Crippen LogP contribution is 2.32. The van der Waals surface area contributed by atoms with Gasteiger partial charge in [0, 0.05) is 5.56 Å². The number of Topliss-reactive ketones (excluding diaryl/α,β-unsaturated/α-hetero) is 1. The van der Waals surface area contributed by atoms with Crippen molar-refractivity contribution >= 4 is 17.4 Å². The van der Waals surface area contributed by atoms with Gasteiger partial charge in [0.15, 0.2) is 5.78 Å². The monoisotopic (exact) mass is 280 g/mol. The summed E-state index contributed by atoms with van der Waals surface area (Å²) in [5.41, 5.74) is 0.977. The number of ketones is 1. The van der Waals surface area contributed by atoms with E-state index in [4.69, 9.17) is 16.3 Å². The molecule has 102 valence electrons. The van der Waals surface area contributed by atoms with Crippen LogP contribution in [0.4, 0.5) is 0 Å². The van der Waals surface area contributed by atoms with Crippen LogP contribution >= 0.6 is 11.6 Å². The number of benzene rings is 1. The maximum atomic E-state index is 11.4. The third kappa shape index (κ3) is 4.18. The molecule has 0 aliphatic heterocycles. The van der Waals surface area contributed by atoms with E-state index in [1.165, 1.54) is 6.92 Å². The van der Waals surface area contributed by atoms with Gasteiger partial charge in [0.25, 0.3) is 0 Å². The minimum Gasteiger partial charge on any atom is -0.507 e. The average molecular weight is 281 g/mol. The first kappa shape index (κ1) is 15.4. The van der Waals surface area contributed by atoms with Crippen molar-refractivity contribution in [1.29, 1.82) is 0 Å². The Morgan fingerprint density at radius 2 is 2.16 bits per heavy atom. The van der Waals surface area contributed by atoms with Gasteiger partial charge in [-0.15, -0.1) is 11.6 Å². The first-order valence-corrected chi connectivity index (χ1v) is 6.65. The largest absolute Gasteiger partial charge is 0.507 e. The molecule has 1 aromatic carbocycles. The third-order valence-electron chi connectivity index (χ3n) is 2.61. The zero-order valence-electron chi connectivity index (χ0n) is 11.1. The van der Waals surface area contributed by atoms with E-state index < -0.39 is 0 Å². The van der Waals surface area contributed by atoms with Crippen molar-refractivity contribution in [2.24, 2.45) is 0 Å². The summed E-state index contributed by atoms with van der Waals surface area (Å²) in [7, 11) is 0. The first-order valence-electron chi connectivity index (χ1n) is 6.12. The van der Waals surface area contributed by atoms with Crippen molar-refractivity contribution in [2.75, 3.05) is 12.5 Å². The molecule has 0 aliphatic carbocycles. The summed E-state index contributed by atoms with van der Waals surface area (Å²) in [6, 6.07) is 3.27.